The van der Waals surface area contributed by atoms with Crippen molar-refractivity contribution in [3.05, 3.63) is 36.5 Å². The predicted octanol–water partition coefficient (Wildman–Crippen LogP) is 15.4. The van der Waals surface area contributed by atoms with E-state index in [2.05, 4.69) is 43.5 Å². The summed E-state index contributed by atoms with van der Waals surface area (Å²) in [6.45, 7) is 4.78. The van der Waals surface area contributed by atoms with E-state index in [1.165, 1.54) is 180 Å². The molecule has 1 amide bonds. The van der Waals surface area contributed by atoms with Gasteiger partial charge in [0.05, 0.1) is 39.9 Å². The average Bonchev–Trinajstić information content (AvgIpc) is 3.23. The lowest BCUT2D eigenvalue weighted by atomic mass is 10.0. The van der Waals surface area contributed by atoms with Crippen molar-refractivity contribution >= 4 is 13.7 Å². The van der Waals surface area contributed by atoms with Crippen molar-refractivity contribution in [2.24, 2.45) is 0 Å². The van der Waals surface area contributed by atoms with Gasteiger partial charge in [-0.2, -0.15) is 0 Å². The smallest absolute Gasteiger partial charge is 0.387 e. The van der Waals surface area contributed by atoms with Crippen LogP contribution in [0.1, 0.15) is 245 Å². The highest BCUT2D eigenvalue weighted by Gasteiger charge is 2.27. The Labute approximate surface area is 385 Å². The number of phosphoric ester groups is 1. The molecule has 0 fully saturated rings. The van der Waals surface area contributed by atoms with Crippen molar-refractivity contribution < 1.29 is 32.9 Å². The highest BCUT2D eigenvalue weighted by molar-refractivity contribution is 7.47. The molecule has 3 atom stereocenters. The Morgan fingerprint density at radius 3 is 1.29 bits per heavy atom. The van der Waals surface area contributed by atoms with E-state index in [-0.39, 0.29) is 19.1 Å². The third kappa shape index (κ3) is 46.7. The van der Waals surface area contributed by atoms with E-state index in [4.69, 9.17) is 9.05 Å². The zero-order valence-corrected chi connectivity index (χ0v) is 42.5. The molecule has 0 aliphatic carbocycles. The van der Waals surface area contributed by atoms with Gasteiger partial charge >= 0.3 is 7.82 Å². The number of nitrogens with zero attached hydrogens (tertiary/aromatic N) is 1. The van der Waals surface area contributed by atoms with Crippen LogP contribution in [0.25, 0.3) is 0 Å². The first kappa shape index (κ1) is 60.7. The van der Waals surface area contributed by atoms with Gasteiger partial charge in [0.25, 0.3) is 0 Å². The summed E-state index contributed by atoms with van der Waals surface area (Å²) in [7, 11) is 1.55. The summed E-state index contributed by atoms with van der Waals surface area (Å²) in [5, 5.41) is 13.8. The topological polar surface area (TPSA) is 105 Å². The summed E-state index contributed by atoms with van der Waals surface area (Å²) in [6.07, 6.45) is 56.7. The van der Waals surface area contributed by atoms with E-state index >= 15 is 0 Å². The van der Waals surface area contributed by atoms with Crippen molar-refractivity contribution in [2.75, 3.05) is 40.9 Å². The zero-order valence-electron chi connectivity index (χ0n) is 41.6. The second kappa shape index (κ2) is 44.9. The summed E-state index contributed by atoms with van der Waals surface area (Å²) in [5.41, 5.74) is 0. The van der Waals surface area contributed by atoms with Crippen molar-refractivity contribution in [3.63, 3.8) is 0 Å². The number of hydrogen-bond donors (Lipinski definition) is 3. The number of likely N-dealkylation sites (N-methyl/N-ethyl adjacent to an activating group) is 1. The standard InChI is InChI=1S/C53H103N2O6P/c1-6-8-10-12-14-16-18-20-22-23-24-25-26-27-28-29-30-31-32-33-35-37-39-41-43-45-47-53(57)54-51(50-61-62(58,59)60-49-48-55(3,4)5)52(56)46-44-42-40-38-36-34-21-19-17-15-13-11-9-7-2/h17,19,36,38,44,46,51-52,56H,6-16,18,20-35,37,39-43,45,47-50H2,1-5H3,(H-,54,57,58,59)/p+1/b19-17+,38-36+,46-44+. The molecule has 0 aliphatic rings. The van der Waals surface area contributed by atoms with Gasteiger partial charge in [-0.05, 0) is 44.9 Å². The number of allylic oxidation sites excluding steroid dienone is 5. The molecule has 0 aromatic heterocycles. The normalized spacial score (nSPS) is 14.4. The number of quaternary nitrogens is 1. The highest BCUT2D eigenvalue weighted by atomic mass is 31.2. The van der Waals surface area contributed by atoms with Crippen LogP contribution in [-0.4, -0.2) is 73.4 Å². The minimum atomic E-state index is -4.35. The summed E-state index contributed by atoms with van der Waals surface area (Å²) >= 11 is 0. The molecule has 62 heavy (non-hydrogen) atoms. The Kier molecular flexibility index (Phi) is 44.0. The van der Waals surface area contributed by atoms with Crippen molar-refractivity contribution in [2.45, 2.75) is 257 Å². The van der Waals surface area contributed by atoms with Gasteiger partial charge in [0.1, 0.15) is 13.2 Å². The maximum absolute atomic E-state index is 12.9. The van der Waals surface area contributed by atoms with Crippen LogP contribution in [0.2, 0.25) is 0 Å². The summed E-state index contributed by atoms with van der Waals surface area (Å²) < 4.78 is 23.6. The Balaban J connectivity index is 4.19. The Hall–Kier alpha value is -1.28. The number of aliphatic hydroxyl groups is 1. The van der Waals surface area contributed by atoms with Gasteiger partial charge in [0.2, 0.25) is 5.91 Å². The Bertz CT molecular complexity index is 1110. The minimum absolute atomic E-state index is 0.0548. The van der Waals surface area contributed by atoms with Crippen molar-refractivity contribution in [1.29, 1.82) is 0 Å². The number of carbonyl (C=O) groups excluding carboxylic acids is 1. The van der Waals surface area contributed by atoms with E-state index in [1.807, 2.05) is 27.2 Å². The molecular weight excluding hydrogens is 792 g/mol. The minimum Gasteiger partial charge on any atom is -0.387 e. The molecule has 0 saturated heterocycles. The molecule has 0 radical (unpaired) electrons. The molecule has 0 spiro atoms. The number of hydrogen-bond acceptors (Lipinski definition) is 5. The lowest BCUT2D eigenvalue weighted by Crippen LogP contribution is -2.45. The number of nitrogens with one attached hydrogen (secondary N) is 1. The third-order valence-electron chi connectivity index (χ3n) is 11.8. The van der Waals surface area contributed by atoms with Crippen LogP contribution in [0.15, 0.2) is 36.5 Å². The van der Waals surface area contributed by atoms with Crippen molar-refractivity contribution in [1.82, 2.24) is 5.32 Å². The molecule has 8 nitrogen and oxygen atoms in total. The quantitative estimate of drug-likeness (QED) is 0.0243. The molecule has 3 N–H and O–H groups in total. The van der Waals surface area contributed by atoms with Gasteiger partial charge < -0.3 is 19.8 Å². The molecule has 3 unspecified atom stereocenters. The SMILES string of the molecule is CCCCCC/C=C/CC/C=C/CC/C=C/C(O)C(COP(=O)(O)OCC[N+](C)(C)C)NC(=O)CCCCCCCCCCCCCCCCCCCCCCCCCCCC. The molecule has 0 bridgehead atoms. The fourth-order valence-corrected chi connectivity index (χ4v) is 8.40. The second-order valence-electron chi connectivity index (χ2n) is 19.2. The Morgan fingerprint density at radius 1 is 0.532 bits per heavy atom. The van der Waals surface area contributed by atoms with E-state index in [0.717, 1.165) is 44.9 Å². The van der Waals surface area contributed by atoms with Gasteiger partial charge in [-0.3, -0.25) is 13.8 Å². The van der Waals surface area contributed by atoms with Gasteiger partial charge in [-0.15, -0.1) is 0 Å². The number of carbonyl (C=O) groups is 1. The highest BCUT2D eigenvalue weighted by Crippen LogP contribution is 2.43. The first-order chi connectivity index (χ1) is 30.0. The molecular formula is C53H104N2O6P+. The zero-order chi connectivity index (χ0) is 45.7. The molecule has 0 rings (SSSR count). The van der Waals surface area contributed by atoms with Crippen LogP contribution < -0.4 is 5.32 Å². The van der Waals surface area contributed by atoms with Crippen LogP contribution in [0.3, 0.4) is 0 Å². The molecule has 366 valence electrons. The van der Waals surface area contributed by atoms with Crippen LogP contribution in [0, 0.1) is 0 Å². The number of amides is 1. The lowest BCUT2D eigenvalue weighted by molar-refractivity contribution is -0.870. The third-order valence-corrected chi connectivity index (χ3v) is 12.8. The summed E-state index contributed by atoms with van der Waals surface area (Å²) in [6, 6.07) is -0.866. The van der Waals surface area contributed by atoms with Crippen LogP contribution >= 0.6 is 7.82 Å². The van der Waals surface area contributed by atoms with Crippen LogP contribution in [0.5, 0.6) is 0 Å². The fourth-order valence-electron chi connectivity index (χ4n) is 7.66. The van der Waals surface area contributed by atoms with Crippen LogP contribution in [-0.2, 0) is 18.4 Å². The molecule has 0 aliphatic heterocycles. The van der Waals surface area contributed by atoms with E-state index in [0.29, 0.717) is 17.4 Å². The molecule has 0 heterocycles. The number of rotatable bonds is 48. The number of unbranched alkanes of at least 4 members (excludes halogenated alkanes) is 31. The van der Waals surface area contributed by atoms with Gasteiger partial charge in [0, 0.05) is 6.42 Å². The lowest BCUT2D eigenvalue weighted by Gasteiger charge is -2.25. The van der Waals surface area contributed by atoms with E-state index in [9.17, 15) is 19.4 Å². The predicted molar refractivity (Wildman–Crippen MR) is 268 cm³/mol. The molecule has 9 heteroatoms. The fraction of sp³-hybridized carbons (Fsp3) is 0.868. The summed E-state index contributed by atoms with van der Waals surface area (Å²) in [4.78, 5) is 23.2. The maximum atomic E-state index is 12.9. The average molecular weight is 896 g/mol. The first-order valence-corrected chi connectivity index (χ1v) is 27.9. The number of aliphatic hydroxyl groups excluding tert-OH is 1. The van der Waals surface area contributed by atoms with Gasteiger partial charge in [0.15, 0.2) is 0 Å². The Morgan fingerprint density at radius 2 is 0.887 bits per heavy atom. The number of phosphoric acid groups is 1. The van der Waals surface area contributed by atoms with E-state index < -0.39 is 20.0 Å². The summed E-state index contributed by atoms with van der Waals surface area (Å²) in [5.74, 6) is -0.188. The van der Waals surface area contributed by atoms with Gasteiger partial charge in [-0.1, -0.05) is 230 Å². The maximum Gasteiger partial charge on any atom is 0.472 e. The first-order valence-electron chi connectivity index (χ1n) is 26.4. The molecule has 0 aromatic carbocycles. The monoisotopic (exact) mass is 896 g/mol. The van der Waals surface area contributed by atoms with Gasteiger partial charge in [-0.25, -0.2) is 4.57 Å². The molecule has 0 saturated carbocycles. The van der Waals surface area contributed by atoms with Crippen LogP contribution in [0.4, 0.5) is 0 Å². The largest absolute Gasteiger partial charge is 0.472 e. The second-order valence-corrected chi connectivity index (χ2v) is 20.7. The van der Waals surface area contributed by atoms with E-state index in [1.54, 1.807) is 6.08 Å². The molecule has 0 aromatic rings. The van der Waals surface area contributed by atoms with Crippen molar-refractivity contribution in [3.8, 4) is 0 Å².